The molecule has 15 heavy (non-hydrogen) atoms. The van der Waals surface area contributed by atoms with Gasteiger partial charge in [0, 0.05) is 6.42 Å². The Kier molecular flexibility index (Phi) is 3.85. The predicted molar refractivity (Wildman–Crippen MR) is 53.7 cm³/mol. The molecule has 1 rings (SSSR count). The highest BCUT2D eigenvalue weighted by Gasteiger charge is 2.14. The van der Waals surface area contributed by atoms with E-state index >= 15 is 0 Å². The number of methoxy groups -OCH3 is 2. The van der Waals surface area contributed by atoms with Crippen molar-refractivity contribution in [1.82, 2.24) is 0 Å². The van der Waals surface area contributed by atoms with E-state index in [1.807, 2.05) is 0 Å². The summed E-state index contributed by atoms with van der Waals surface area (Å²) >= 11 is 0. The Morgan fingerprint density at radius 3 is 2.60 bits per heavy atom. The first-order valence-electron chi connectivity index (χ1n) is 4.41. The number of ether oxygens (including phenoxy) is 2. The lowest BCUT2D eigenvalue weighted by molar-refractivity contribution is -0.151. The zero-order valence-electron chi connectivity index (χ0n) is 8.65. The van der Waals surface area contributed by atoms with Crippen LogP contribution in [0.25, 0.3) is 0 Å². The van der Waals surface area contributed by atoms with Crippen LogP contribution in [0.1, 0.15) is 5.56 Å². The molecular formula is C11H12O4. The van der Waals surface area contributed by atoms with Crippen LogP contribution >= 0.6 is 0 Å². The van der Waals surface area contributed by atoms with E-state index in [1.165, 1.54) is 7.11 Å². The van der Waals surface area contributed by atoms with Gasteiger partial charge in [-0.25, -0.2) is 4.79 Å². The minimum atomic E-state index is -0.821. The number of hydrogen-bond donors (Lipinski definition) is 0. The number of Topliss-reactive ketones (excluding diaryl/α,β-unsaturated/α-hetero) is 1. The molecule has 0 N–H and O–H groups in total. The summed E-state index contributed by atoms with van der Waals surface area (Å²) in [5, 5.41) is 0. The van der Waals surface area contributed by atoms with Crippen LogP contribution in [0.2, 0.25) is 0 Å². The van der Waals surface area contributed by atoms with Crippen molar-refractivity contribution in [3.8, 4) is 5.75 Å². The molecule has 0 unspecified atom stereocenters. The maximum absolute atomic E-state index is 11.2. The third-order valence-electron chi connectivity index (χ3n) is 1.91. The van der Waals surface area contributed by atoms with Crippen LogP contribution in [-0.2, 0) is 20.7 Å². The molecule has 0 aliphatic heterocycles. The summed E-state index contributed by atoms with van der Waals surface area (Å²) in [6, 6.07) is 7.00. The minimum absolute atomic E-state index is 0.0316. The van der Waals surface area contributed by atoms with Crippen molar-refractivity contribution < 1.29 is 19.1 Å². The van der Waals surface area contributed by atoms with Crippen LogP contribution in [-0.4, -0.2) is 26.0 Å². The topological polar surface area (TPSA) is 52.6 Å². The Morgan fingerprint density at radius 2 is 2.00 bits per heavy atom. The van der Waals surface area contributed by atoms with Gasteiger partial charge in [-0.3, -0.25) is 4.79 Å². The first kappa shape index (κ1) is 11.2. The first-order valence-corrected chi connectivity index (χ1v) is 4.41. The third-order valence-corrected chi connectivity index (χ3v) is 1.91. The minimum Gasteiger partial charge on any atom is -0.497 e. The molecule has 1 aromatic carbocycles. The van der Waals surface area contributed by atoms with E-state index in [0.29, 0.717) is 5.75 Å². The summed E-state index contributed by atoms with van der Waals surface area (Å²) < 4.78 is 9.32. The fourth-order valence-corrected chi connectivity index (χ4v) is 1.15. The molecule has 0 heterocycles. The van der Waals surface area contributed by atoms with Crippen LogP contribution in [0.4, 0.5) is 0 Å². The highest BCUT2D eigenvalue weighted by atomic mass is 16.5. The lowest BCUT2D eigenvalue weighted by Crippen LogP contribution is -2.17. The second-order valence-corrected chi connectivity index (χ2v) is 2.94. The van der Waals surface area contributed by atoms with Crippen LogP contribution in [0, 0.1) is 0 Å². The van der Waals surface area contributed by atoms with Crippen LogP contribution in [0.3, 0.4) is 0 Å². The second-order valence-electron chi connectivity index (χ2n) is 2.94. The van der Waals surface area contributed by atoms with Gasteiger partial charge in [0.05, 0.1) is 14.2 Å². The quantitative estimate of drug-likeness (QED) is 0.546. The Bertz CT molecular complexity index is 371. The number of carbonyl (C=O) groups excluding carboxylic acids is 2. The van der Waals surface area contributed by atoms with Crippen LogP contribution < -0.4 is 4.74 Å². The lowest BCUT2D eigenvalue weighted by Gasteiger charge is -2.02. The molecule has 0 aliphatic rings. The SMILES string of the molecule is COC(=O)C(=O)Cc1cccc(OC)c1. The van der Waals surface area contributed by atoms with Gasteiger partial charge in [-0.1, -0.05) is 12.1 Å². The largest absolute Gasteiger partial charge is 0.497 e. The molecule has 0 saturated carbocycles. The molecule has 4 nitrogen and oxygen atoms in total. The number of ketones is 1. The van der Waals surface area contributed by atoms with Crippen molar-refractivity contribution >= 4 is 11.8 Å². The fourth-order valence-electron chi connectivity index (χ4n) is 1.15. The normalized spacial score (nSPS) is 9.47. The molecule has 0 fully saturated rings. The smallest absolute Gasteiger partial charge is 0.374 e. The molecule has 0 saturated heterocycles. The Hall–Kier alpha value is -1.84. The van der Waals surface area contributed by atoms with E-state index in [0.717, 1.165) is 5.56 Å². The van der Waals surface area contributed by atoms with Gasteiger partial charge in [-0.2, -0.15) is 0 Å². The van der Waals surface area contributed by atoms with E-state index in [1.54, 1.807) is 31.4 Å². The molecule has 80 valence electrons. The highest BCUT2D eigenvalue weighted by molar-refractivity contribution is 6.34. The number of carbonyl (C=O) groups is 2. The average Bonchev–Trinajstić information content (AvgIpc) is 2.28. The summed E-state index contributed by atoms with van der Waals surface area (Å²) in [7, 11) is 2.73. The summed E-state index contributed by atoms with van der Waals surface area (Å²) in [5.74, 6) is -0.728. The van der Waals surface area contributed by atoms with Crippen molar-refractivity contribution in [3.05, 3.63) is 29.8 Å². The summed E-state index contributed by atoms with van der Waals surface area (Å²) in [4.78, 5) is 22.1. The number of rotatable bonds is 4. The molecular weight excluding hydrogens is 196 g/mol. The number of benzene rings is 1. The predicted octanol–water partition coefficient (Wildman–Crippen LogP) is 0.980. The standard InChI is InChI=1S/C11H12O4/c1-14-9-5-3-4-8(6-9)7-10(12)11(13)15-2/h3-6H,7H2,1-2H3. The van der Waals surface area contributed by atoms with E-state index in [-0.39, 0.29) is 6.42 Å². The van der Waals surface area contributed by atoms with Gasteiger partial charge >= 0.3 is 5.97 Å². The van der Waals surface area contributed by atoms with Crippen LogP contribution in [0.5, 0.6) is 5.75 Å². The lowest BCUT2D eigenvalue weighted by atomic mass is 10.1. The van der Waals surface area contributed by atoms with E-state index in [2.05, 4.69) is 4.74 Å². The molecule has 0 radical (unpaired) electrons. The third kappa shape index (κ3) is 3.09. The second kappa shape index (κ2) is 5.14. The van der Waals surface area contributed by atoms with Gasteiger partial charge in [-0.15, -0.1) is 0 Å². The Labute approximate surface area is 87.8 Å². The van der Waals surface area contributed by atoms with Gasteiger partial charge in [0.1, 0.15) is 5.75 Å². The monoisotopic (exact) mass is 208 g/mol. The summed E-state index contributed by atoms with van der Waals surface area (Å²) in [5.41, 5.74) is 0.727. The number of hydrogen-bond acceptors (Lipinski definition) is 4. The molecule has 1 aromatic rings. The molecule has 0 aliphatic carbocycles. The zero-order chi connectivity index (χ0) is 11.3. The Balaban J connectivity index is 2.72. The van der Waals surface area contributed by atoms with Gasteiger partial charge in [0.25, 0.3) is 0 Å². The highest BCUT2D eigenvalue weighted by Crippen LogP contribution is 2.13. The van der Waals surface area contributed by atoms with E-state index < -0.39 is 11.8 Å². The van der Waals surface area contributed by atoms with Gasteiger partial charge in [-0.05, 0) is 17.7 Å². The van der Waals surface area contributed by atoms with E-state index in [9.17, 15) is 9.59 Å². The van der Waals surface area contributed by atoms with Crippen molar-refractivity contribution in [2.45, 2.75) is 6.42 Å². The molecule has 0 amide bonds. The molecule has 0 spiro atoms. The fraction of sp³-hybridized carbons (Fsp3) is 0.273. The molecule has 0 aromatic heterocycles. The van der Waals surface area contributed by atoms with Crippen molar-refractivity contribution in [2.75, 3.05) is 14.2 Å². The first-order chi connectivity index (χ1) is 7.17. The Morgan fingerprint density at radius 1 is 1.27 bits per heavy atom. The maximum Gasteiger partial charge on any atom is 0.374 e. The summed E-state index contributed by atoms with van der Waals surface area (Å²) in [6.45, 7) is 0. The van der Waals surface area contributed by atoms with Gasteiger partial charge < -0.3 is 9.47 Å². The van der Waals surface area contributed by atoms with E-state index in [4.69, 9.17) is 4.74 Å². The van der Waals surface area contributed by atoms with Crippen molar-refractivity contribution in [2.24, 2.45) is 0 Å². The molecule has 0 bridgehead atoms. The van der Waals surface area contributed by atoms with Crippen molar-refractivity contribution in [3.63, 3.8) is 0 Å². The molecule has 0 atom stereocenters. The molecule has 4 heteroatoms. The maximum atomic E-state index is 11.2. The van der Waals surface area contributed by atoms with Gasteiger partial charge in [0.2, 0.25) is 5.78 Å². The number of esters is 1. The average molecular weight is 208 g/mol. The zero-order valence-corrected chi connectivity index (χ0v) is 8.65. The summed E-state index contributed by atoms with van der Waals surface area (Å²) in [6.07, 6.45) is 0.0316. The van der Waals surface area contributed by atoms with Crippen molar-refractivity contribution in [1.29, 1.82) is 0 Å². The van der Waals surface area contributed by atoms with Crippen LogP contribution in [0.15, 0.2) is 24.3 Å². The van der Waals surface area contributed by atoms with Gasteiger partial charge in [0.15, 0.2) is 0 Å².